The van der Waals surface area contributed by atoms with E-state index >= 15 is 0 Å². The number of aromatic nitrogens is 1. The molecule has 0 radical (unpaired) electrons. The molecule has 0 aliphatic carbocycles. The number of fused-ring (bicyclic) bond motifs is 4. The van der Waals surface area contributed by atoms with E-state index in [1.807, 2.05) is 49.4 Å². The minimum atomic E-state index is -0.319. The maximum atomic E-state index is 11.5. The quantitative estimate of drug-likeness (QED) is 0.220. The fourth-order valence-corrected chi connectivity index (χ4v) is 2.98. The second-order valence-electron chi connectivity index (χ2n) is 5.77. The normalized spacial score (nSPS) is 11.2. The highest BCUT2D eigenvalue weighted by Crippen LogP contribution is 2.34. The van der Waals surface area contributed by atoms with Crippen molar-refractivity contribution in [1.82, 2.24) is 4.98 Å². The van der Waals surface area contributed by atoms with Gasteiger partial charge in [0.25, 0.3) is 0 Å². The van der Waals surface area contributed by atoms with Crippen LogP contribution in [0, 0.1) is 6.92 Å². The number of benzene rings is 3. The van der Waals surface area contributed by atoms with Gasteiger partial charge in [-0.25, -0.2) is 4.98 Å². The van der Waals surface area contributed by atoms with Gasteiger partial charge in [0.05, 0.1) is 11.0 Å². The van der Waals surface area contributed by atoms with Crippen molar-refractivity contribution >= 4 is 38.5 Å². The summed E-state index contributed by atoms with van der Waals surface area (Å²) < 4.78 is 5.44. The van der Waals surface area contributed by atoms with Gasteiger partial charge in [-0.2, -0.15) is 0 Å². The molecule has 0 N–H and O–H groups in total. The summed E-state index contributed by atoms with van der Waals surface area (Å²) in [5, 5.41) is 3.95. The van der Waals surface area contributed by atoms with Crippen molar-refractivity contribution < 1.29 is 9.53 Å². The van der Waals surface area contributed by atoms with Gasteiger partial charge in [-0.15, -0.1) is 0 Å². The Balaban J connectivity index is 2.16. The number of carbonyl (C=O) groups excluding carboxylic acids is 1. The van der Waals surface area contributed by atoms with Crippen molar-refractivity contribution in [3.8, 4) is 5.75 Å². The van der Waals surface area contributed by atoms with Crippen molar-refractivity contribution in [1.29, 1.82) is 0 Å². The van der Waals surface area contributed by atoms with Crippen LogP contribution in [-0.2, 0) is 4.79 Å². The van der Waals surface area contributed by atoms with Crippen LogP contribution in [0.1, 0.15) is 12.5 Å². The molecule has 0 aliphatic rings. The molecule has 0 aliphatic heterocycles. The molecule has 0 spiro atoms. The predicted molar refractivity (Wildman–Crippen MR) is 92.8 cm³/mol. The fourth-order valence-electron chi connectivity index (χ4n) is 2.98. The van der Waals surface area contributed by atoms with Gasteiger partial charge in [0.15, 0.2) is 0 Å². The number of para-hydroxylation sites is 1. The highest BCUT2D eigenvalue weighted by Gasteiger charge is 2.11. The maximum absolute atomic E-state index is 11.5. The third-order valence-electron chi connectivity index (χ3n) is 3.99. The molecule has 0 fully saturated rings. The number of hydrogen-bond acceptors (Lipinski definition) is 3. The Labute approximate surface area is 133 Å². The third-order valence-corrected chi connectivity index (χ3v) is 3.99. The summed E-state index contributed by atoms with van der Waals surface area (Å²) in [6.45, 7) is 3.44. The molecule has 4 aromatic rings. The molecule has 0 bridgehead atoms. The average molecular weight is 301 g/mol. The molecule has 112 valence electrons. The highest BCUT2D eigenvalue weighted by atomic mass is 16.5. The Morgan fingerprint density at radius 2 is 1.78 bits per heavy atom. The number of ether oxygens (including phenoxy) is 1. The Hall–Kier alpha value is -2.94. The molecule has 0 saturated heterocycles. The van der Waals surface area contributed by atoms with Crippen LogP contribution >= 0.6 is 0 Å². The van der Waals surface area contributed by atoms with Gasteiger partial charge >= 0.3 is 5.97 Å². The summed E-state index contributed by atoms with van der Waals surface area (Å²) in [4.78, 5) is 16.3. The Bertz CT molecular complexity index is 1080. The molecular formula is C20H15NO2. The first kappa shape index (κ1) is 13.7. The van der Waals surface area contributed by atoms with Gasteiger partial charge in [-0.1, -0.05) is 35.9 Å². The number of pyridine rings is 1. The summed E-state index contributed by atoms with van der Waals surface area (Å²) in [6.07, 6.45) is 0. The molecular weight excluding hydrogens is 286 g/mol. The standard InChI is InChI=1S/C20H15NO2/c1-12-7-8-16-17(9-12)19(23-13(2)22)11-15-10-14-5-3-4-6-18(14)21-20(15)16/h3-11H,1-2H3. The van der Waals surface area contributed by atoms with Gasteiger partial charge in [0.1, 0.15) is 5.75 Å². The molecule has 3 aromatic carbocycles. The second-order valence-corrected chi connectivity index (χ2v) is 5.77. The molecule has 3 nitrogen and oxygen atoms in total. The fraction of sp³-hybridized carbons (Fsp3) is 0.100. The van der Waals surface area contributed by atoms with Crippen molar-refractivity contribution in [2.45, 2.75) is 13.8 Å². The average Bonchev–Trinajstić information content (AvgIpc) is 2.53. The molecule has 0 atom stereocenters. The zero-order chi connectivity index (χ0) is 16.0. The lowest BCUT2D eigenvalue weighted by Crippen LogP contribution is -2.02. The van der Waals surface area contributed by atoms with Crippen LogP contribution in [0.5, 0.6) is 5.75 Å². The number of hydrogen-bond donors (Lipinski definition) is 0. The van der Waals surface area contributed by atoms with Crippen LogP contribution in [0.15, 0.2) is 54.6 Å². The smallest absolute Gasteiger partial charge is 0.308 e. The van der Waals surface area contributed by atoms with Crippen molar-refractivity contribution in [2.75, 3.05) is 0 Å². The topological polar surface area (TPSA) is 39.2 Å². The highest BCUT2D eigenvalue weighted by molar-refractivity contribution is 6.11. The molecule has 0 amide bonds. The van der Waals surface area contributed by atoms with E-state index in [4.69, 9.17) is 9.72 Å². The van der Waals surface area contributed by atoms with Gasteiger partial charge < -0.3 is 4.74 Å². The summed E-state index contributed by atoms with van der Waals surface area (Å²) >= 11 is 0. The zero-order valence-electron chi connectivity index (χ0n) is 13.0. The van der Waals surface area contributed by atoms with Crippen LogP contribution in [-0.4, -0.2) is 11.0 Å². The van der Waals surface area contributed by atoms with E-state index in [9.17, 15) is 4.79 Å². The lowest BCUT2D eigenvalue weighted by Gasteiger charge is -2.11. The van der Waals surface area contributed by atoms with Gasteiger partial charge in [-0.3, -0.25) is 4.79 Å². The van der Waals surface area contributed by atoms with E-state index < -0.39 is 0 Å². The predicted octanol–water partition coefficient (Wildman–Crippen LogP) is 4.77. The Morgan fingerprint density at radius 1 is 0.957 bits per heavy atom. The number of carbonyl (C=O) groups is 1. The summed E-state index contributed by atoms with van der Waals surface area (Å²) in [5.74, 6) is 0.265. The van der Waals surface area contributed by atoms with Crippen LogP contribution in [0.2, 0.25) is 0 Å². The van der Waals surface area contributed by atoms with Crippen molar-refractivity contribution in [3.05, 3.63) is 60.2 Å². The minimum Gasteiger partial charge on any atom is -0.426 e. The second kappa shape index (κ2) is 5.06. The summed E-state index contributed by atoms with van der Waals surface area (Å²) in [7, 11) is 0. The maximum Gasteiger partial charge on any atom is 0.308 e. The summed E-state index contributed by atoms with van der Waals surface area (Å²) in [6, 6.07) is 18.1. The monoisotopic (exact) mass is 301 g/mol. The molecule has 0 unspecified atom stereocenters. The van der Waals surface area contributed by atoms with Crippen molar-refractivity contribution in [3.63, 3.8) is 0 Å². The van der Waals surface area contributed by atoms with E-state index in [2.05, 4.69) is 12.1 Å². The van der Waals surface area contributed by atoms with E-state index in [-0.39, 0.29) is 5.97 Å². The number of nitrogens with zero attached hydrogens (tertiary/aromatic N) is 1. The first-order valence-corrected chi connectivity index (χ1v) is 7.53. The van der Waals surface area contributed by atoms with Gasteiger partial charge in [0, 0.05) is 28.5 Å². The minimum absolute atomic E-state index is 0.319. The Kier molecular flexibility index (Phi) is 3.01. The number of rotatable bonds is 1. The third kappa shape index (κ3) is 2.30. The molecule has 3 heteroatoms. The molecule has 4 rings (SSSR count). The van der Waals surface area contributed by atoms with E-state index in [0.29, 0.717) is 5.75 Å². The lowest BCUT2D eigenvalue weighted by molar-refractivity contribution is -0.131. The SMILES string of the molecule is CC(=O)Oc1cc2cc3ccccc3nc2c2ccc(C)cc12. The van der Waals surface area contributed by atoms with Crippen LogP contribution in [0.25, 0.3) is 32.6 Å². The Morgan fingerprint density at radius 3 is 2.61 bits per heavy atom. The first-order chi connectivity index (χ1) is 11.1. The number of aryl methyl sites for hydroxylation is 1. The zero-order valence-corrected chi connectivity index (χ0v) is 13.0. The van der Waals surface area contributed by atoms with Crippen molar-refractivity contribution in [2.24, 2.45) is 0 Å². The van der Waals surface area contributed by atoms with Crippen LogP contribution < -0.4 is 4.74 Å². The molecule has 23 heavy (non-hydrogen) atoms. The van der Waals surface area contributed by atoms with Gasteiger partial charge in [-0.05, 0) is 31.2 Å². The van der Waals surface area contributed by atoms with Gasteiger partial charge in [0.2, 0.25) is 0 Å². The largest absolute Gasteiger partial charge is 0.426 e. The van der Waals surface area contributed by atoms with E-state index in [0.717, 1.165) is 38.1 Å². The molecule has 0 saturated carbocycles. The summed E-state index contributed by atoms with van der Waals surface area (Å²) in [5.41, 5.74) is 3.00. The lowest BCUT2D eigenvalue weighted by atomic mass is 10.0. The first-order valence-electron chi connectivity index (χ1n) is 7.53. The number of esters is 1. The van der Waals surface area contributed by atoms with Crippen LogP contribution in [0.4, 0.5) is 0 Å². The van der Waals surface area contributed by atoms with E-state index in [1.165, 1.54) is 6.92 Å². The van der Waals surface area contributed by atoms with Crippen LogP contribution in [0.3, 0.4) is 0 Å². The molecule has 1 aromatic heterocycles. The molecule has 1 heterocycles. The van der Waals surface area contributed by atoms with E-state index in [1.54, 1.807) is 0 Å².